The highest BCUT2D eigenvalue weighted by Crippen LogP contribution is 2.16. The summed E-state index contributed by atoms with van der Waals surface area (Å²) in [5.41, 5.74) is 0. The Morgan fingerprint density at radius 3 is 2.75 bits per heavy atom. The van der Waals surface area contributed by atoms with Crippen LogP contribution >= 0.6 is 0 Å². The first-order valence-corrected chi connectivity index (χ1v) is 5.84. The predicted octanol–water partition coefficient (Wildman–Crippen LogP) is 0.765. The summed E-state index contributed by atoms with van der Waals surface area (Å²) < 4.78 is 27.4. The first-order chi connectivity index (χ1) is 5.53. The average Bonchev–Trinajstić information content (AvgIpc) is 2.30. The summed E-state index contributed by atoms with van der Waals surface area (Å²) in [5, 5.41) is 0. The summed E-state index contributed by atoms with van der Waals surface area (Å²) in [5.74, 6) is 0.437. The molecule has 1 fully saturated rings. The van der Waals surface area contributed by atoms with Crippen LogP contribution in [0.3, 0.4) is 0 Å². The standard InChI is InChI=1S/C8H14O3S/c1-3-7(2)11-8-4-5-12(9,10)6-8/h3,7-8H,1,4-6H2,2H3. The van der Waals surface area contributed by atoms with Gasteiger partial charge in [0.2, 0.25) is 0 Å². The van der Waals surface area contributed by atoms with Crippen LogP contribution in [0, 0.1) is 0 Å². The molecule has 1 aliphatic rings. The quantitative estimate of drug-likeness (QED) is 0.617. The fourth-order valence-corrected chi connectivity index (χ4v) is 2.83. The zero-order chi connectivity index (χ0) is 9.19. The molecule has 4 heteroatoms. The van der Waals surface area contributed by atoms with Gasteiger partial charge in [0.1, 0.15) is 0 Å². The van der Waals surface area contributed by atoms with Crippen LogP contribution in [0.4, 0.5) is 0 Å². The molecule has 0 radical (unpaired) electrons. The third-order valence-corrected chi connectivity index (χ3v) is 3.67. The van der Waals surface area contributed by atoms with Gasteiger partial charge >= 0.3 is 0 Å². The van der Waals surface area contributed by atoms with E-state index in [0.29, 0.717) is 6.42 Å². The second-order valence-electron chi connectivity index (χ2n) is 3.10. The summed E-state index contributed by atoms with van der Waals surface area (Å²) in [6.07, 6.45) is 2.12. The fraction of sp³-hybridized carbons (Fsp3) is 0.750. The molecule has 0 amide bonds. The van der Waals surface area contributed by atoms with Crippen molar-refractivity contribution in [3.63, 3.8) is 0 Å². The van der Waals surface area contributed by atoms with Crippen molar-refractivity contribution in [3.05, 3.63) is 12.7 Å². The fourth-order valence-electron chi connectivity index (χ4n) is 1.23. The minimum Gasteiger partial charge on any atom is -0.370 e. The van der Waals surface area contributed by atoms with E-state index in [1.165, 1.54) is 0 Å². The van der Waals surface area contributed by atoms with E-state index in [1.54, 1.807) is 6.08 Å². The van der Waals surface area contributed by atoms with Crippen LogP contribution in [0.25, 0.3) is 0 Å². The minimum absolute atomic E-state index is 0.0525. The van der Waals surface area contributed by atoms with E-state index in [2.05, 4.69) is 6.58 Å². The van der Waals surface area contributed by atoms with Crippen LogP contribution in [0.1, 0.15) is 13.3 Å². The van der Waals surface area contributed by atoms with E-state index in [-0.39, 0.29) is 23.7 Å². The van der Waals surface area contributed by atoms with Crippen molar-refractivity contribution in [1.82, 2.24) is 0 Å². The predicted molar refractivity (Wildman–Crippen MR) is 47.8 cm³/mol. The van der Waals surface area contributed by atoms with E-state index in [4.69, 9.17) is 4.74 Å². The Hall–Kier alpha value is -0.350. The Bertz CT molecular complexity index is 255. The molecule has 2 atom stereocenters. The molecule has 0 aromatic carbocycles. The molecule has 1 saturated heterocycles. The summed E-state index contributed by atoms with van der Waals surface area (Å²) in [6.45, 7) is 5.42. The summed E-state index contributed by atoms with van der Waals surface area (Å²) in [4.78, 5) is 0. The van der Waals surface area contributed by atoms with Gasteiger partial charge in [0.25, 0.3) is 0 Å². The summed E-state index contributed by atoms with van der Waals surface area (Å²) in [6, 6.07) is 0. The largest absolute Gasteiger partial charge is 0.370 e. The molecule has 1 rings (SSSR count). The summed E-state index contributed by atoms with van der Waals surface area (Å²) in [7, 11) is -2.81. The van der Waals surface area contributed by atoms with Gasteiger partial charge in [-0.2, -0.15) is 0 Å². The first-order valence-electron chi connectivity index (χ1n) is 4.02. The van der Waals surface area contributed by atoms with Gasteiger partial charge in [0.05, 0.1) is 23.7 Å². The Kier molecular flexibility index (Phi) is 2.90. The molecule has 0 bridgehead atoms. The van der Waals surface area contributed by atoms with E-state index in [0.717, 1.165) is 0 Å². The summed E-state index contributed by atoms with van der Waals surface area (Å²) >= 11 is 0. The Morgan fingerprint density at radius 2 is 2.33 bits per heavy atom. The van der Waals surface area contributed by atoms with E-state index >= 15 is 0 Å². The van der Waals surface area contributed by atoms with Gasteiger partial charge in [-0.1, -0.05) is 6.08 Å². The SMILES string of the molecule is C=CC(C)OC1CCS(=O)(=O)C1. The number of ether oxygens (including phenoxy) is 1. The molecule has 1 heterocycles. The monoisotopic (exact) mass is 190 g/mol. The topological polar surface area (TPSA) is 43.4 Å². The highest BCUT2D eigenvalue weighted by atomic mass is 32.2. The third-order valence-electron chi connectivity index (χ3n) is 1.93. The molecule has 2 unspecified atom stereocenters. The second-order valence-corrected chi connectivity index (χ2v) is 5.33. The molecule has 0 aliphatic carbocycles. The van der Waals surface area contributed by atoms with Gasteiger partial charge in [-0.3, -0.25) is 0 Å². The molecule has 1 aliphatic heterocycles. The van der Waals surface area contributed by atoms with Crippen LogP contribution in [0.15, 0.2) is 12.7 Å². The van der Waals surface area contributed by atoms with Gasteiger partial charge < -0.3 is 4.74 Å². The van der Waals surface area contributed by atoms with Crippen molar-refractivity contribution in [3.8, 4) is 0 Å². The Balaban J connectivity index is 2.43. The van der Waals surface area contributed by atoms with Gasteiger partial charge in [0.15, 0.2) is 9.84 Å². The van der Waals surface area contributed by atoms with Crippen LogP contribution in [-0.4, -0.2) is 32.1 Å². The number of sulfone groups is 1. The van der Waals surface area contributed by atoms with Crippen molar-refractivity contribution in [2.75, 3.05) is 11.5 Å². The molecule has 0 aromatic heterocycles. The maximum atomic E-state index is 11.0. The minimum atomic E-state index is -2.81. The molecule has 0 spiro atoms. The number of hydrogen-bond acceptors (Lipinski definition) is 3. The number of hydrogen-bond donors (Lipinski definition) is 0. The van der Waals surface area contributed by atoms with Crippen molar-refractivity contribution in [2.45, 2.75) is 25.6 Å². The zero-order valence-corrected chi connectivity index (χ0v) is 8.01. The molecule has 0 saturated carbocycles. The van der Waals surface area contributed by atoms with Crippen LogP contribution < -0.4 is 0 Å². The maximum absolute atomic E-state index is 11.0. The first kappa shape index (κ1) is 9.74. The molecule has 0 aromatic rings. The smallest absolute Gasteiger partial charge is 0.152 e. The van der Waals surface area contributed by atoms with E-state index in [1.807, 2.05) is 6.92 Å². The van der Waals surface area contributed by atoms with E-state index in [9.17, 15) is 8.42 Å². The Labute approximate surface area is 73.3 Å². The third kappa shape index (κ3) is 2.60. The van der Waals surface area contributed by atoms with Gasteiger partial charge in [-0.15, -0.1) is 6.58 Å². The normalized spacial score (nSPS) is 29.9. The molecule has 70 valence electrons. The lowest BCUT2D eigenvalue weighted by Gasteiger charge is -2.13. The van der Waals surface area contributed by atoms with Crippen molar-refractivity contribution >= 4 is 9.84 Å². The van der Waals surface area contributed by atoms with E-state index < -0.39 is 9.84 Å². The lowest BCUT2D eigenvalue weighted by molar-refractivity contribution is 0.0393. The maximum Gasteiger partial charge on any atom is 0.152 e. The lowest BCUT2D eigenvalue weighted by atomic mass is 10.3. The van der Waals surface area contributed by atoms with Gasteiger partial charge in [-0.05, 0) is 13.3 Å². The highest BCUT2D eigenvalue weighted by molar-refractivity contribution is 7.91. The van der Waals surface area contributed by atoms with Crippen molar-refractivity contribution in [2.24, 2.45) is 0 Å². The van der Waals surface area contributed by atoms with Gasteiger partial charge in [-0.25, -0.2) is 8.42 Å². The molecule has 3 nitrogen and oxygen atoms in total. The number of rotatable bonds is 3. The molecular weight excluding hydrogens is 176 g/mol. The second kappa shape index (κ2) is 3.58. The average molecular weight is 190 g/mol. The molecular formula is C8H14O3S. The molecule has 12 heavy (non-hydrogen) atoms. The van der Waals surface area contributed by atoms with Crippen LogP contribution in [-0.2, 0) is 14.6 Å². The van der Waals surface area contributed by atoms with Gasteiger partial charge in [0, 0.05) is 0 Å². The highest BCUT2D eigenvalue weighted by Gasteiger charge is 2.29. The van der Waals surface area contributed by atoms with Crippen molar-refractivity contribution < 1.29 is 13.2 Å². The molecule has 0 N–H and O–H groups in total. The van der Waals surface area contributed by atoms with Crippen LogP contribution in [0.5, 0.6) is 0 Å². The Morgan fingerprint density at radius 1 is 1.67 bits per heavy atom. The zero-order valence-electron chi connectivity index (χ0n) is 7.19. The lowest BCUT2D eigenvalue weighted by Crippen LogP contribution is -2.19. The van der Waals surface area contributed by atoms with Crippen molar-refractivity contribution in [1.29, 1.82) is 0 Å². The van der Waals surface area contributed by atoms with Crippen LogP contribution in [0.2, 0.25) is 0 Å².